The summed E-state index contributed by atoms with van der Waals surface area (Å²) >= 11 is 0. The number of carboxylic acids is 1. The van der Waals surface area contributed by atoms with Crippen molar-refractivity contribution in [3.63, 3.8) is 0 Å². The van der Waals surface area contributed by atoms with E-state index in [2.05, 4.69) is 5.32 Å². The molecule has 0 radical (unpaired) electrons. The van der Waals surface area contributed by atoms with E-state index in [1.165, 1.54) is 4.90 Å². The van der Waals surface area contributed by atoms with Gasteiger partial charge in [0.15, 0.2) is 0 Å². The largest absolute Gasteiger partial charge is 0.480 e. The first-order valence-corrected chi connectivity index (χ1v) is 6.72. The zero-order chi connectivity index (χ0) is 13.3. The normalized spacial score (nSPS) is 27.4. The minimum absolute atomic E-state index is 0.208. The summed E-state index contributed by atoms with van der Waals surface area (Å²) in [4.78, 5) is 25.1. The molecule has 5 nitrogen and oxygen atoms in total. The van der Waals surface area contributed by atoms with E-state index in [0.717, 1.165) is 32.1 Å². The van der Waals surface area contributed by atoms with Crippen LogP contribution in [0.1, 0.15) is 46.0 Å². The SMILES string of the molecule is CC1(C)CCCN(C(=O)NC2CCC2)C1C(=O)O. The van der Waals surface area contributed by atoms with E-state index in [4.69, 9.17) is 0 Å². The summed E-state index contributed by atoms with van der Waals surface area (Å²) in [5, 5.41) is 12.3. The molecule has 0 spiro atoms. The lowest BCUT2D eigenvalue weighted by atomic mass is 9.76. The fourth-order valence-corrected chi connectivity index (χ4v) is 2.89. The third-order valence-electron chi connectivity index (χ3n) is 4.20. The first-order chi connectivity index (χ1) is 8.42. The maximum atomic E-state index is 12.2. The van der Waals surface area contributed by atoms with Crippen LogP contribution in [0, 0.1) is 5.41 Å². The first kappa shape index (κ1) is 13.2. The van der Waals surface area contributed by atoms with Crippen LogP contribution in [0.2, 0.25) is 0 Å². The molecule has 1 unspecified atom stereocenters. The third kappa shape index (κ3) is 2.44. The molecule has 1 saturated heterocycles. The molecule has 1 saturated carbocycles. The fraction of sp³-hybridized carbons (Fsp3) is 0.846. The summed E-state index contributed by atoms with van der Waals surface area (Å²) in [6.45, 7) is 4.39. The molecule has 0 aromatic heterocycles. The van der Waals surface area contributed by atoms with Crippen molar-refractivity contribution in [2.24, 2.45) is 5.41 Å². The van der Waals surface area contributed by atoms with E-state index >= 15 is 0 Å². The highest BCUT2D eigenvalue weighted by atomic mass is 16.4. The number of nitrogens with zero attached hydrogens (tertiary/aromatic N) is 1. The van der Waals surface area contributed by atoms with E-state index in [-0.39, 0.29) is 17.5 Å². The number of nitrogens with one attached hydrogen (secondary N) is 1. The van der Waals surface area contributed by atoms with Crippen molar-refractivity contribution < 1.29 is 14.7 Å². The summed E-state index contributed by atoms with van der Waals surface area (Å²) in [6, 6.07) is -0.678. The molecule has 2 N–H and O–H groups in total. The van der Waals surface area contributed by atoms with Crippen LogP contribution >= 0.6 is 0 Å². The maximum absolute atomic E-state index is 12.2. The quantitative estimate of drug-likeness (QED) is 0.789. The predicted octanol–water partition coefficient (Wildman–Crippen LogP) is 1.82. The van der Waals surface area contributed by atoms with E-state index < -0.39 is 12.0 Å². The number of urea groups is 1. The smallest absolute Gasteiger partial charge is 0.327 e. The van der Waals surface area contributed by atoms with Crippen LogP contribution in [-0.4, -0.2) is 40.6 Å². The summed E-state index contributed by atoms with van der Waals surface area (Å²) in [7, 11) is 0. The second-order valence-corrected chi connectivity index (χ2v) is 6.10. The Morgan fingerprint density at radius 2 is 1.94 bits per heavy atom. The molecule has 0 aromatic carbocycles. The van der Waals surface area contributed by atoms with Crippen molar-refractivity contribution in [3.8, 4) is 0 Å². The minimum Gasteiger partial charge on any atom is -0.480 e. The molecule has 5 heteroatoms. The lowest BCUT2D eigenvalue weighted by molar-refractivity contribution is -0.148. The van der Waals surface area contributed by atoms with Gasteiger partial charge in [0.05, 0.1) is 0 Å². The lowest BCUT2D eigenvalue weighted by Gasteiger charge is -2.44. The highest BCUT2D eigenvalue weighted by Gasteiger charge is 2.44. The van der Waals surface area contributed by atoms with Gasteiger partial charge in [0.2, 0.25) is 0 Å². The number of carbonyl (C=O) groups is 2. The number of carboxylic acid groups (broad SMARTS) is 1. The highest BCUT2D eigenvalue weighted by molar-refractivity contribution is 5.83. The maximum Gasteiger partial charge on any atom is 0.327 e. The van der Waals surface area contributed by atoms with Gasteiger partial charge < -0.3 is 15.3 Å². The Hall–Kier alpha value is -1.26. The van der Waals surface area contributed by atoms with Crippen LogP contribution in [0.5, 0.6) is 0 Å². The Morgan fingerprint density at radius 3 is 2.44 bits per heavy atom. The zero-order valence-corrected chi connectivity index (χ0v) is 11.1. The second-order valence-electron chi connectivity index (χ2n) is 6.10. The molecule has 18 heavy (non-hydrogen) atoms. The van der Waals surface area contributed by atoms with E-state index in [9.17, 15) is 14.7 Å². The topological polar surface area (TPSA) is 69.6 Å². The zero-order valence-electron chi connectivity index (χ0n) is 11.1. The molecule has 1 atom stereocenters. The van der Waals surface area contributed by atoms with Crippen molar-refractivity contribution in [3.05, 3.63) is 0 Å². The molecule has 1 aliphatic carbocycles. The molecular weight excluding hydrogens is 232 g/mol. The van der Waals surface area contributed by atoms with Crippen LogP contribution in [-0.2, 0) is 4.79 Å². The van der Waals surface area contributed by atoms with E-state index in [0.29, 0.717) is 6.54 Å². The highest BCUT2D eigenvalue weighted by Crippen LogP contribution is 2.35. The van der Waals surface area contributed by atoms with Crippen LogP contribution < -0.4 is 5.32 Å². The van der Waals surface area contributed by atoms with Gasteiger partial charge in [-0.25, -0.2) is 9.59 Å². The summed E-state index contributed by atoms with van der Waals surface area (Å²) in [5.74, 6) is -0.900. The van der Waals surface area contributed by atoms with Crippen molar-refractivity contribution in [1.82, 2.24) is 10.2 Å². The van der Waals surface area contributed by atoms with Crippen molar-refractivity contribution in [2.45, 2.75) is 58.0 Å². The van der Waals surface area contributed by atoms with Gasteiger partial charge in [-0.05, 0) is 37.5 Å². The molecule has 0 bridgehead atoms. The number of likely N-dealkylation sites (tertiary alicyclic amines) is 1. The van der Waals surface area contributed by atoms with Gasteiger partial charge in [-0.3, -0.25) is 0 Å². The molecule has 1 heterocycles. The fourth-order valence-electron chi connectivity index (χ4n) is 2.89. The van der Waals surface area contributed by atoms with Crippen LogP contribution in [0.25, 0.3) is 0 Å². The van der Waals surface area contributed by atoms with Gasteiger partial charge in [-0.1, -0.05) is 13.8 Å². The number of amides is 2. The van der Waals surface area contributed by atoms with Gasteiger partial charge in [-0.15, -0.1) is 0 Å². The molecule has 0 aromatic rings. The van der Waals surface area contributed by atoms with Crippen molar-refractivity contribution in [2.75, 3.05) is 6.54 Å². The van der Waals surface area contributed by atoms with Crippen LogP contribution in [0.3, 0.4) is 0 Å². The molecule has 2 rings (SSSR count). The molecular formula is C13H22N2O3. The number of piperidine rings is 1. The molecule has 2 aliphatic rings. The molecule has 2 fully saturated rings. The van der Waals surface area contributed by atoms with Crippen molar-refractivity contribution >= 4 is 12.0 Å². The third-order valence-corrected chi connectivity index (χ3v) is 4.20. The summed E-state index contributed by atoms with van der Waals surface area (Å²) < 4.78 is 0. The number of hydrogen-bond acceptors (Lipinski definition) is 2. The number of rotatable bonds is 2. The monoisotopic (exact) mass is 254 g/mol. The van der Waals surface area contributed by atoms with Gasteiger partial charge in [0.25, 0.3) is 0 Å². The van der Waals surface area contributed by atoms with E-state index in [1.807, 2.05) is 13.8 Å². The van der Waals surface area contributed by atoms with Crippen LogP contribution in [0.4, 0.5) is 4.79 Å². The van der Waals surface area contributed by atoms with Gasteiger partial charge in [-0.2, -0.15) is 0 Å². The Bertz CT molecular complexity index is 350. The van der Waals surface area contributed by atoms with Gasteiger partial charge in [0, 0.05) is 12.6 Å². The van der Waals surface area contributed by atoms with Gasteiger partial charge in [0.1, 0.15) is 6.04 Å². The van der Waals surface area contributed by atoms with Crippen LogP contribution in [0.15, 0.2) is 0 Å². The average Bonchev–Trinajstić information content (AvgIpc) is 2.20. The number of carbonyl (C=O) groups excluding carboxylic acids is 1. The standard InChI is InChI=1S/C13H22N2O3/c1-13(2)7-4-8-15(10(13)11(16)17)12(18)14-9-5-3-6-9/h9-10H,3-8H2,1-2H3,(H,14,18)(H,16,17). The summed E-state index contributed by atoms with van der Waals surface area (Å²) in [5.41, 5.74) is -0.360. The molecule has 1 aliphatic heterocycles. The van der Waals surface area contributed by atoms with Gasteiger partial charge >= 0.3 is 12.0 Å². The number of aliphatic carboxylic acids is 1. The molecule has 102 valence electrons. The Labute approximate surface area is 108 Å². The Morgan fingerprint density at radius 1 is 1.28 bits per heavy atom. The average molecular weight is 254 g/mol. The lowest BCUT2D eigenvalue weighted by Crippen LogP contribution is -2.60. The Balaban J connectivity index is 2.08. The minimum atomic E-state index is -0.900. The predicted molar refractivity (Wildman–Crippen MR) is 67.3 cm³/mol. The molecule has 2 amide bonds. The summed E-state index contributed by atoms with van der Waals surface area (Å²) in [6.07, 6.45) is 4.90. The second kappa shape index (κ2) is 4.78. The van der Waals surface area contributed by atoms with Crippen molar-refractivity contribution in [1.29, 1.82) is 0 Å². The number of hydrogen-bond donors (Lipinski definition) is 2. The first-order valence-electron chi connectivity index (χ1n) is 6.72. The van der Waals surface area contributed by atoms with E-state index in [1.54, 1.807) is 0 Å². The Kier molecular flexibility index (Phi) is 3.50.